The van der Waals surface area contributed by atoms with Crippen LogP contribution >= 0.6 is 0 Å². The van der Waals surface area contributed by atoms with E-state index < -0.39 is 0 Å². The Hall–Kier alpha value is -0.160. The molecule has 1 N–H and O–H groups in total. The van der Waals surface area contributed by atoms with E-state index in [0.29, 0.717) is 32.3 Å². The van der Waals surface area contributed by atoms with Gasteiger partial charge in [0.05, 0.1) is 33.0 Å². The molecule has 0 aliphatic carbocycles. The number of rotatable bonds is 13. The molecular formula is C13H29NO3. The molecule has 0 aromatic rings. The Morgan fingerprint density at radius 3 is 1.88 bits per heavy atom. The van der Waals surface area contributed by atoms with E-state index in [1.165, 1.54) is 0 Å². The van der Waals surface area contributed by atoms with Crippen LogP contribution in [-0.4, -0.2) is 52.7 Å². The first kappa shape index (κ1) is 16.8. The fourth-order valence-electron chi connectivity index (χ4n) is 1.18. The van der Waals surface area contributed by atoms with Gasteiger partial charge in [-0.3, -0.25) is 0 Å². The maximum atomic E-state index is 5.43. The lowest BCUT2D eigenvalue weighted by molar-refractivity contribution is 0.0134. The molecule has 104 valence electrons. The van der Waals surface area contributed by atoms with E-state index in [2.05, 4.69) is 26.1 Å². The molecule has 0 unspecified atom stereocenters. The average molecular weight is 247 g/mol. The molecule has 0 aromatic heterocycles. The van der Waals surface area contributed by atoms with Crippen molar-refractivity contribution in [2.24, 2.45) is 5.92 Å². The number of ether oxygens (including phenoxy) is 3. The van der Waals surface area contributed by atoms with Crippen molar-refractivity contribution in [2.45, 2.75) is 27.2 Å². The molecule has 0 spiro atoms. The third kappa shape index (κ3) is 15.8. The van der Waals surface area contributed by atoms with Gasteiger partial charge in [-0.2, -0.15) is 0 Å². The number of nitrogens with one attached hydrogen (secondary N) is 1. The van der Waals surface area contributed by atoms with Crippen LogP contribution in [0.3, 0.4) is 0 Å². The van der Waals surface area contributed by atoms with E-state index >= 15 is 0 Å². The quantitative estimate of drug-likeness (QED) is 0.503. The van der Waals surface area contributed by atoms with Gasteiger partial charge in [-0.15, -0.1) is 0 Å². The van der Waals surface area contributed by atoms with Gasteiger partial charge in [-0.25, -0.2) is 0 Å². The van der Waals surface area contributed by atoms with Crippen molar-refractivity contribution >= 4 is 0 Å². The molecule has 0 fully saturated rings. The molecule has 0 saturated heterocycles. The number of hydrogen-bond acceptors (Lipinski definition) is 4. The molecular weight excluding hydrogens is 218 g/mol. The summed E-state index contributed by atoms with van der Waals surface area (Å²) < 4.78 is 16.2. The molecule has 0 bridgehead atoms. The average Bonchev–Trinajstić information content (AvgIpc) is 2.30. The summed E-state index contributed by atoms with van der Waals surface area (Å²) in [5.41, 5.74) is 0. The van der Waals surface area contributed by atoms with Crippen LogP contribution in [0.15, 0.2) is 0 Å². The molecule has 0 amide bonds. The highest BCUT2D eigenvalue weighted by Gasteiger charge is 1.94. The van der Waals surface area contributed by atoms with E-state index in [-0.39, 0.29) is 0 Å². The maximum absolute atomic E-state index is 5.43. The lowest BCUT2D eigenvalue weighted by Crippen LogP contribution is -2.20. The van der Waals surface area contributed by atoms with E-state index in [9.17, 15) is 0 Å². The van der Waals surface area contributed by atoms with Crippen LogP contribution in [0, 0.1) is 5.92 Å². The fraction of sp³-hybridized carbons (Fsp3) is 1.00. The van der Waals surface area contributed by atoms with Crippen LogP contribution in [0.25, 0.3) is 0 Å². The minimum absolute atomic E-state index is 0.652. The molecule has 0 aromatic carbocycles. The minimum Gasteiger partial charge on any atom is -0.379 e. The standard InChI is InChI=1S/C13H29NO3/c1-4-14-6-8-16-10-12-17-11-9-15-7-5-13(2)3/h13-14H,4-12H2,1-3H3. The molecule has 0 heterocycles. The second-order valence-corrected chi connectivity index (χ2v) is 4.37. The van der Waals surface area contributed by atoms with Crippen molar-refractivity contribution in [1.29, 1.82) is 0 Å². The van der Waals surface area contributed by atoms with Gasteiger partial charge in [0.25, 0.3) is 0 Å². The van der Waals surface area contributed by atoms with Crippen LogP contribution in [0.2, 0.25) is 0 Å². The summed E-state index contributed by atoms with van der Waals surface area (Å²) in [6.45, 7) is 12.6. The Bertz CT molecular complexity index is 143. The van der Waals surface area contributed by atoms with Crippen LogP contribution in [0.4, 0.5) is 0 Å². The predicted octanol–water partition coefficient (Wildman–Crippen LogP) is 1.69. The summed E-state index contributed by atoms with van der Waals surface area (Å²) in [5.74, 6) is 0.709. The SMILES string of the molecule is CCNCCOCCOCCOCCC(C)C. The first-order chi connectivity index (χ1) is 8.27. The molecule has 0 saturated carbocycles. The Labute approximate surface area is 106 Å². The summed E-state index contributed by atoms with van der Waals surface area (Å²) in [7, 11) is 0. The first-order valence-electron chi connectivity index (χ1n) is 6.71. The second kappa shape index (κ2) is 13.9. The molecule has 0 radical (unpaired) electrons. The first-order valence-corrected chi connectivity index (χ1v) is 6.71. The van der Waals surface area contributed by atoms with Crippen LogP contribution in [0.5, 0.6) is 0 Å². The Kier molecular flexibility index (Phi) is 13.8. The van der Waals surface area contributed by atoms with Gasteiger partial charge >= 0.3 is 0 Å². The zero-order valence-electron chi connectivity index (χ0n) is 11.7. The van der Waals surface area contributed by atoms with Gasteiger partial charge in [-0.1, -0.05) is 20.8 Å². The highest BCUT2D eigenvalue weighted by Crippen LogP contribution is 1.98. The van der Waals surface area contributed by atoms with Crippen molar-refractivity contribution < 1.29 is 14.2 Å². The molecule has 0 atom stereocenters. The Morgan fingerprint density at radius 2 is 1.35 bits per heavy atom. The predicted molar refractivity (Wildman–Crippen MR) is 70.5 cm³/mol. The van der Waals surface area contributed by atoms with E-state index in [4.69, 9.17) is 14.2 Å². The zero-order chi connectivity index (χ0) is 12.8. The monoisotopic (exact) mass is 247 g/mol. The van der Waals surface area contributed by atoms with Gasteiger partial charge in [0.2, 0.25) is 0 Å². The normalized spacial score (nSPS) is 11.3. The Morgan fingerprint density at radius 1 is 0.824 bits per heavy atom. The Balaban J connectivity index is 2.89. The molecule has 0 aliphatic heterocycles. The summed E-state index contributed by atoms with van der Waals surface area (Å²) >= 11 is 0. The summed E-state index contributed by atoms with van der Waals surface area (Å²) in [6, 6.07) is 0. The fourth-order valence-corrected chi connectivity index (χ4v) is 1.18. The molecule has 17 heavy (non-hydrogen) atoms. The number of hydrogen-bond donors (Lipinski definition) is 1. The van der Waals surface area contributed by atoms with E-state index in [1.807, 2.05) is 0 Å². The number of likely N-dealkylation sites (N-methyl/N-ethyl adjacent to an activating group) is 1. The topological polar surface area (TPSA) is 39.7 Å². The van der Waals surface area contributed by atoms with Gasteiger partial charge in [-0.05, 0) is 18.9 Å². The molecule has 4 nitrogen and oxygen atoms in total. The van der Waals surface area contributed by atoms with Gasteiger partial charge in [0.15, 0.2) is 0 Å². The zero-order valence-corrected chi connectivity index (χ0v) is 11.7. The molecule has 0 rings (SSSR count). The second-order valence-electron chi connectivity index (χ2n) is 4.37. The van der Waals surface area contributed by atoms with Crippen molar-refractivity contribution in [3.8, 4) is 0 Å². The van der Waals surface area contributed by atoms with Crippen molar-refractivity contribution in [3.63, 3.8) is 0 Å². The summed E-state index contributed by atoms with van der Waals surface area (Å²) in [6.07, 6.45) is 1.12. The third-order valence-corrected chi connectivity index (χ3v) is 2.26. The third-order valence-electron chi connectivity index (χ3n) is 2.26. The minimum atomic E-state index is 0.652. The van der Waals surface area contributed by atoms with E-state index in [0.717, 1.165) is 32.7 Å². The van der Waals surface area contributed by atoms with Crippen LogP contribution in [0.1, 0.15) is 27.2 Å². The van der Waals surface area contributed by atoms with Crippen molar-refractivity contribution in [2.75, 3.05) is 52.7 Å². The summed E-state index contributed by atoms with van der Waals surface area (Å²) in [5, 5.41) is 3.20. The van der Waals surface area contributed by atoms with Crippen molar-refractivity contribution in [3.05, 3.63) is 0 Å². The smallest absolute Gasteiger partial charge is 0.0701 e. The highest BCUT2D eigenvalue weighted by molar-refractivity contribution is 4.43. The lowest BCUT2D eigenvalue weighted by Gasteiger charge is -2.08. The molecule has 0 aliphatic rings. The van der Waals surface area contributed by atoms with Crippen LogP contribution in [-0.2, 0) is 14.2 Å². The van der Waals surface area contributed by atoms with E-state index in [1.54, 1.807) is 0 Å². The summed E-state index contributed by atoms with van der Waals surface area (Å²) in [4.78, 5) is 0. The maximum Gasteiger partial charge on any atom is 0.0701 e. The highest BCUT2D eigenvalue weighted by atomic mass is 16.5. The van der Waals surface area contributed by atoms with Gasteiger partial charge in [0, 0.05) is 13.2 Å². The molecule has 4 heteroatoms. The lowest BCUT2D eigenvalue weighted by atomic mass is 10.1. The van der Waals surface area contributed by atoms with Crippen LogP contribution < -0.4 is 5.32 Å². The van der Waals surface area contributed by atoms with Gasteiger partial charge < -0.3 is 19.5 Å². The van der Waals surface area contributed by atoms with Crippen molar-refractivity contribution in [1.82, 2.24) is 5.32 Å². The van der Waals surface area contributed by atoms with Gasteiger partial charge in [0.1, 0.15) is 0 Å². The largest absolute Gasteiger partial charge is 0.379 e.